The molecule has 3 nitrogen and oxygen atoms in total. The minimum absolute atomic E-state index is 0.0482. The third kappa shape index (κ3) is 2.70. The first kappa shape index (κ1) is 12.9. The largest absolute Gasteiger partial charge is 0.497 e. The van der Waals surface area contributed by atoms with Crippen LogP contribution in [0, 0.1) is 6.92 Å². The van der Waals surface area contributed by atoms with E-state index < -0.39 is 0 Å². The number of Topliss-reactive ketones (excluding diaryl/α,β-unsaturated/α-hetero) is 1. The average molecular weight is 240 g/mol. The summed E-state index contributed by atoms with van der Waals surface area (Å²) in [5.41, 5.74) is 1.49. The third-order valence-corrected chi connectivity index (χ3v) is 2.57. The SMILES string of the molecule is COc1cc(C)c(C(=O)CCS)c(OC)c1. The van der Waals surface area contributed by atoms with Gasteiger partial charge in [-0.2, -0.15) is 12.6 Å². The van der Waals surface area contributed by atoms with Crippen LogP contribution in [0.25, 0.3) is 0 Å². The van der Waals surface area contributed by atoms with Gasteiger partial charge in [0.1, 0.15) is 11.5 Å². The van der Waals surface area contributed by atoms with Gasteiger partial charge in [0.15, 0.2) is 5.78 Å². The molecule has 0 aromatic heterocycles. The van der Waals surface area contributed by atoms with Gasteiger partial charge in [-0.05, 0) is 24.3 Å². The molecule has 0 N–H and O–H groups in total. The zero-order chi connectivity index (χ0) is 12.1. The predicted octanol–water partition coefficient (Wildman–Crippen LogP) is 2.51. The Kier molecular flexibility index (Phi) is 4.68. The Labute approximate surface area is 101 Å². The molecule has 0 aliphatic heterocycles. The highest BCUT2D eigenvalue weighted by Gasteiger charge is 2.16. The van der Waals surface area contributed by atoms with E-state index in [1.165, 1.54) is 0 Å². The minimum Gasteiger partial charge on any atom is -0.497 e. The Morgan fingerprint density at radius 2 is 2.00 bits per heavy atom. The number of thiol groups is 1. The van der Waals surface area contributed by atoms with Gasteiger partial charge < -0.3 is 9.47 Å². The van der Waals surface area contributed by atoms with Crippen LogP contribution >= 0.6 is 12.6 Å². The minimum atomic E-state index is 0.0482. The van der Waals surface area contributed by atoms with Crippen molar-refractivity contribution < 1.29 is 14.3 Å². The third-order valence-electron chi connectivity index (χ3n) is 2.35. The number of hydrogen-bond acceptors (Lipinski definition) is 4. The van der Waals surface area contributed by atoms with Crippen molar-refractivity contribution >= 4 is 18.4 Å². The molecule has 0 aliphatic rings. The van der Waals surface area contributed by atoms with E-state index in [0.717, 1.165) is 5.56 Å². The van der Waals surface area contributed by atoms with Crippen molar-refractivity contribution in [3.05, 3.63) is 23.3 Å². The first-order chi connectivity index (χ1) is 7.63. The van der Waals surface area contributed by atoms with Crippen LogP contribution in [-0.4, -0.2) is 25.8 Å². The molecule has 0 bridgehead atoms. The van der Waals surface area contributed by atoms with E-state index in [2.05, 4.69) is 12.6 Å². The summed E-state index contributed by atoms with van der Waals surface area (Å²) < 4.78 is 10.3. The van der Waals surface area contributed by atoms with Crippen molar-refractivity contribution in [2.75, 3.05) is 20.0 Å². The van der Waals surface area contributed by atoms with Crippen LogP contribution in [0.15, 0.2) is 12.1 Å². The number of methoxy groups -OCH3 is 2. The Bertz CT molecular complexity index is 388. The molecule has 0 heterocycles. The van der Waals surface area contributed by atoms with E-state index in [0.29, 0.717) is 29.2 Å². The second kappa shape index (κ2) is 5.80. The van der Waals surface area contributed by atoms with Crippen LogP contribution in [0.1, 0.15) is 22.3 Å². The smallest absolute Gasteiger partial charge is 0.167 e. The molecular formula is C12H16O3S. The van der Waals surface area contributed by atoms with E-state index in [-0.39, 0.29) is 5.78 Å². The van der Waals surface area contributed by atoms with Crippen molar-refractivity contribution in [1.82, 2.24) is 0 Å². The molecule has 1 rings (SSSR count). The van der Waals surface area contributed by atoms with Crippen LogP contribution < -0.4 is 9.47 Å². The average Bonchev–Trinajstić information content (AvgIpc) is 2.27. The highest BCUT2D eigenvalue weighted by molar-refractivity contribution is 7.80. The van der Waals surface area contributed by atoms with Gasteiger partial charge in [0.2, 0.25) is 0 Å². The van der Waals surface area contributed by atoms with Crippen LogP contribution in [0.4, 0.5) is 0 Å². The number of ether oxygens (including phenoxy) is 2. The molecule has 0 aliphatic carbocycles. The highest BCUT2D eigenvalue weighted by Crippen LogP contribution is 2.29. The molecular weight excluding hydrogens is 224 g/mol. The second-order valence-electron chi connectivity index (χ2n) is 3.42. The summed E-state index contributed by atoms with van der Waals surface area (Å²) in [5.74, 6) is 1.83. The van der Waals surface area contributed by atoms with Crippen LogP contribution in [0.5, 0.6) is 11.5 Å². The number of benzene rings is 1. The lowest BCUT2D eigenvalue weighted by atomic mass is 10.0. The fraction of sp³-hybridized carbons (Fsp3) is 0.417. The van der Waals surface area contributed by atoms with Crippen molar-refractivity contribution in [3.63, 3.8) is 0 Å². The summed E-state index contributed by atoms with van der Waals surface area (Å²) >= 11 is 4.06. The van der Waals surface area contributed by atoms with Gasteiger partial charge in [-0.1, -0.05) is 0 Å². The normalized spacial score (nSPS) is 10.0. The predicted molar refractivity (Wildman–Crippen MR) is 67.1 cm³/mol. The van der Waals surface area contributed by atoms with Crippen molar-refractivity contribution in [2.45, 2.75) is 13.3 Å². The first-order valence-corrected chi connectivity index (χ1v) is 5.64. The molecule has 4 heteroatoms. The van der Waals surface area contributed by atoms with Crippen molar-refractivity contribution in [2.24, 2.45) is 0 Å². The van der Waals surface area contributed by atoms with Gasteiger partial charge in [-0.25, -0.2) is 0 Å². The maximum absolute atomic E-state index is 11.9. The second-order valence-corrected chi connectivity index (χ2v) is 3.87. The summed E-state index contributed by atoms with van der Waals surface area (Å²) in [6.45, 7) is 1.87. The Balaban J connectivity index is 3.21. The molecule has 1 aromatic carbocycles. The number of carbonyl (C=O) groups excluding carboxylic acids is 1. The summed E-state index contributed by atoms with van der Waals surface area (Å²) in [6, 6.07) is 3.55. The van der Waals surface area contributed by atoms with Crippen LogP contribution in [0.3, 0.4) is 0 Å². The molecule has 1 aromatic rings. The Morgan fingerprint density at radius 1 is 1.31 bits per heavy atom. The zero-order valence-electron chi connectivity index (χ0n) is 9.74. The molecule has 88 valence electrons. The number of carbonyl (C=O) groups is 1. The Morgan fingerprint density at radius 3 is 2.50 bits per heavy atom. The molecule has 0 unspecified atom stereocenters. The van der Waals surface area contributed by atoms with Gasteiger partial charge in [0.25, 0.3) is 0 Å². The molecule has 0 atom stereocenters. The lowest BCUT2D eigenvalue weighted by Crippen LogP contribution is -2.06. The summed E-state index contributed by atoms with van der Waals surface area (Å²) in [6.07, 6.45) is 0.409. The monoisotopic (exact) mass is 240 g/mol. The zero-order valence-corrected chi connectivity index (χ0v) is 10.6. The molecule has 0 fully saturated rings. The van der Waals surface area contributed by atoms with Gasteiger partial charge in [0, 0.05) is 12.5 Å². The van der Waals surface area contributed by atoms with Crippen LogP contribution in [0.2, 0.25) is 0 Å². The summed E-state index contributed by atoms with van der Waals surface area (Å²) in [5, 5.41) is 0. The quantitative estimate of drug-likeness (QED) is 0.634. The standard InChI is InChI=1S/C12H16O3S/c1-8-6-9(14-2)7-11(15-3)12(8)10(13)4-5-16/h6-7,16H,4-5H2,1-3H3. The number of aryl methyl sites for hydroxylation is 1. The first-order valence-electron chi connectivity index (χ1n) is 5.00. The molecule has 0 saturated heterocycles. The molecule has 0 spiro atoms. The summed E-state index contributed by atoms with van der Waals surface area (Å²) in [4.78, 5) is 11.9. The van der Waals surface area contributed by atoms with E-state index in [1.54, 1.807) is 20.3 Å². The fourth-order valence-corrected chi connectivity index (χ4v) is 1.79. The molecule has 0 amide bonds. The topological polar surface area (TPSA) is 35.5 Å². The molecule has 0 saturated carbocycles. The van der Waals surface area contributed by atoms with E-state index >= 15 is 0 Å². The number of hydrogen-bond donors (Lipinski definition) is 1. The van der Waals surface area contributed by atoms with E-state index in [4.69, 9.17) is 9.47 Å². The molecule has 0 radical (unpaired) electrons. The number of rotatable bonds is 5. The molecule has 16 heavy (non-hydrogen) atoms. The summed E-state index contributed by atoms with van der Waals surface area (Å²) in [7, 11) is 3.13. The van der Waals surface area contributed by atoms with E-state index in [1.807, 2.05) is 13.0 Å². The number of ketones is 1. The van der Waals surface area contributed by atoms with Gasteiger partial charge in [0.05, 0.1) is 19.8 Å². The lowest BCUT2D eigenvalue weighted by molar-refractivity contribution is 0.0986. The van der Waals surface area contributed by atoms with Crippen molar-refractivity contribution in [3.8, 4) is 11.5 Å². The Hall–Kier alpha value is -1.16. The van der Waals surface area contributed by atoms with Gasteiger partial charge >= 0.3 is 0 Å². The highest BCUT2D eigenvalue weighted by atomic mass is 32.1. The van der Waals surface area contributed by atoms with Gasteiger partial charge in [-0.3, -0.25) is 4.79 Å². The van der Waals surface area contributed by atoms with E-state index in [9.17, 15) is 4.79 Å². The maximum Gasteiger partial charge on any atom is 0.167 e. The van der Waals surface area contributed by atoms with Crippen molar-refractivity contribution in [1.29, 1.82) is 0 Å². The lowest BCUT2D eigenvalue weighted by Gasteiger charge is -2.12. The fourth-order valence-electron chi connectivity index (χ4n) is 1.59. The van der Waals surface area contributed by atoms with Gasteiger partial charge in [-0.15, -0.1) is 0 Å². The van der Waals surface area contributed by atoms with Crippen LogP contribution in [-0.2, 0) is 0 Å². The maximum atomic E-state index is 11.9.